The Morgan fingerprint density at radius 1 is 1.17 bits per heavy atom. The molecule has 0 N–H and O–H groups in total. The molecule has 4 rings (SSSR count). The molecule has 1 aromatic rings. The van der Waals surface area contributed by atoms with Crippen LogP contribution in [0.25, 0.3) is 0 Å². The minimum absolute atomic E-state index is 0.348. The molecule has 0 saturated heterocycles. The van der Waals surface area contributed by atoms with Crippen LogP contribution in [0.5, 0.6) is 0 Å². The lowest BCUT2D eigenvalue weighted by Gasteiger charge is -2.50. The minimum Gasteiger partial charge on any atom is -0.234 e. The number of benzene rings is 1. The molecule has 24 heavy (non-hydrogen) atoms. The monoisotopic (exact) mass is 324 g/mol. The molecule has 5 unspecified atom stereocenters. The van der Waals surface area contributed by atoms with Crippen LogP contribution < -0.4 is 0 Å². The lowest BCUT2D eigenvalue weighted by molar-refractivity contribution is 0.0412. The highest BCUT2D eigenvalue weighted by Gasteiger charge is 2.54. The van der Waals surface area contributed by atoms with Crippen LogP contribution in [0, 0.1) is 30.1 Å². The molecule has 2 saturated carbocycles. The molecular formula is C23H32O. The van der Waals surface area contributed by atoms with Crippen molar-refractivity contribution in [3.8, 4) is 0 Å². The molecule has 0 aliphatic heterocycles. The summed E-state index contributed by atoms with van der Waals surface area (Å²) in [6.07, 6.45) is 9.51. The summed E-state index contributed by atoms with van der Waals surface area (Å²) in [6, 6.07) is 7.11. The zero-order chi connectivity index (χ0) is 17.3. The van der Waals surface area contributed by atoms with E-state index >= 15 is 0 Å². The molecule has 0 heterocycles. The number of allylic oxidation sites excluding steroid dienone is 1. The number of aryl methyl sites for hydroxylation is 2. The van der Waals surface area contributed by atoms with Crippen molar-refractivity contribution in [2.75, 3.05) is 0 Å². The van der Waals surface area contributed by atoms with E-state index < -0.39 is 0 Å². The van der Waals surface area contributed by atoms with Gasteiger partial charge < -0.3 is 0 Å². The third-order valence-electron chi connectivity index (χ3n) is 7.22. The largest absolute Gasteiger partial charge is 0.234 e. The molecule has 5 atom stereocenters. The van der Waals surface area contributed by atoms with E-state index in [-0.39, 0.29) is 0 Å². The van der Waals surface area contributed by atoms with Gasteiger partial charge >= 0.3 is 0 Å². The highest BCUT2D eigenvalue weighted by Crippen LogP contribution is 2.63. The summed E-state index contributed by atoms with van der Waals surface area (Å²) < 4.78 is 0. The van der Waals surface area contributed by atoms with Gasteiger partial charge in [-0.05, 0) is 85.7 Å². The van der Waals surface area contributed by atoms with Gasteiger partial charge in [-0.3, -0.25) is 0 Å². The lowest BCUT2D eigenvalue weighted by atomic mass is 9.54. The van der Waals surface area contributed by atoms with Gasteiger partial charge in [0.1, 0.15) is 5.94 Å². The van der Waals surface area contributed by atoms with Crippen LogP contribution in [0.4, 0.5) is 0 Å². The predicted molar refractivity (Wildman–Crippen MR) is 101 cm³/mol. The Bertz CT molecular complexity index is 639. The normalized spacial score (nSPS) is 36.3. The van der Waals surface area contributed by atoms with Crippen LogP contribution in [0.3, 0.4) is 0 Å². The van der Waals surface area contributed by atoms with E-state index in [2.05, 4.69) is 38.0 Å². The summed E-state index contributed by atoms with van der Waals surface area (Å²) in [4.78, 5) is 10.9. The Kier molecular flexibility index (Phi) is 5.02. The van der Waals surface area contributed by atoms with Crippen molar-refractivity contribution in [3.05, 3.63) is 41.0 Å². The standard InChI is InChI=1S/C21H26O.C2H6/c1-14-3-6-17-15(13-14)4-7-19-18(17)9-11-21(2)16(10-12-22)5-8-20(19)21;1-2/h3,6,10,13,16,18-20H,4-5,7-9,11H2,1-2H3;1-2H3. The molecule has 0 bridgehead atoms. The predicted octanol–water partition coefficient (Wildman–Crippen LogP) is 5.88. The van der Waals surface area contributed by atoms with Gasteiger partial charge in [0.05, 0.1) is 0 Å². The Hall–Kier alpha value is -1.33. The molecule has 0 aromatic heterocycles. The second-order valence-electron chi connectivity index (χ2n) is 8.13. The van der Waals surface area contributed by atoms with Crippen molar-refractivity contribution in [1.82, 2.24) is 0 Å². The van der Waals surface area contributed by atoms with Gasteiger partial charge in [0.2, 0.25) is 0 Å². The van der Waals surface area contributed by atoms with Crippen LogP contribution in [0.2, 0.25) is 0 Å². The smallest absolute Gasteiger partial charge is 0.120 e. The molecule has 0 spiro atoms. The van der Waals surface area contributed by atoms with Gasteiger partial charge in [0, 0.05) is 6.08 Å². The molecule has 2 fully saturated rings. The van der Waals surface area contributed by atoms with Crippen LogP contribution >= 0.6 is 0 Å². The van der Waals surface area contributed by atoms with Gasteiger partial charge in [-0.2, -0.15) is 0 Å². The topological polar surface area (TPSA) is 17.1 Å². The summed E-state index contributed by atoms with van der Waals surface area (Å²) in [7, 11) is 0. The first-order chi connectivity index (χ1) is 11.6. The Labute approximate surface area is 147 Å². The molecule has 130 valence electrons. The maximum Gasteiger partial charge on any atom is 0.120 e. The molecule has 3 aliphatic carbocycles. The third-order valence-corrected chi connectivity index (χ3v) is 7.22. The maximum absolute atomic E-state index is 10.9. The number of carbonyl (C=O) groups excluding carboxylic acids is 1. The average molecular weight is 325 g/mol. The van der Waals surface area contributed by atoms with Crippen molar-refractivity contribution < 1.29 is 4.79 Å². The quantitative estimate of drug-likeness (QED) is 0.589. The second kappa shape index (κ2) is 6.89. The molecule has 1 nitrogen and oxygen atoms in total. The fourth-order valence-corrected chi connectivity index (χ4v) is 6.11. The van der Waals surface area contributed by atoms with E-state index in [1.807, 2.05) is 19.9 Å². The molecular weight excluding hydrogens is 292 g/mol. The highest BCUT2D eigenvalue weighted by atomic mass is 16.1. The lowest BCUT2D eigenvalue weighted by Crippen LogP contribution is -2.42. The van der Waals surface area contributed by atoms with Crippen molar-refractivity contribution in [3.63, 3.8) is 0 Å². The first-order valence-electron chi connectivity index (χ1n) is 9.94. The zero-order valence-corrected chi connectivity index (χ0v) is 15.8. The number of fused-ring (bicyclic) bond motifs is 5. The third kappa shape index (κ3) is 2.68. The highest BCUT2D eigenvalue weighted by molar-refractivity contribution is 5.46. The molecule has 3 aliphatic rings. The van der Waals surface area contributed by atoms with Gasteiger partial charge in [-0.1, -0.05) is 44.5 Å². The van der Waals surface area contributed by atoms with Crippen LogP contribution in [-0.4, -0.2) is 5.94 Å². The summed E-state index contributed by atoms with van der Waals surface area (Å²) in [5.41, 5.74) is 4.99. The van der Waals surface area contributed by atoms with Crippen molar-refractivity contribution in [1.29, 1.82) is 0 Å². The fourth-order valence-electron chi connectivity index (χ4n) is 6.11. The number of hydrogen-bond donors (Lipinski definition) is 0. The summed E-state index contributed by atoms with van der Waals surface area (Å²) >= 11 is 0. The number of rotatable bonds is 1. The van der Waals surface area contributed by atoms with Gasteiger partial charge in [0.25, 0.3) is 0 Å². The van der Waals surface area contributed by atoms with E-state index in [1.54, 1.807) is 11.1 Å². The van der Waals surface area contributed by atoms with Crippen molar-refractivity contribution >= 4 is 5.94 Å². The van der Waals surface area contributed by atoms with E-state index in [0.29, 0.717) is 11.3 Å². The number of hydrogen-bond acceptors (Lipinski definition) is 1. The molecule has 0 radical (unpaired) electrons. The molecule has 0 amide bonds. The SMILES string of the molecule is CC.Cc1ccc2c(c1)CCC1C2CCC2(C)C(C=C=O)CCC12. The Morgan fingerprint density at radius 2 is 1.96 bits per heavy atom. The van der Waals surface area contributed by atoms with E-state index in [9.17, 15) is 4.79 Å². The van der Waals surface area contributed by atoms with Crippen molar-refractivity contribution in [2.24, 2.45) is 23.2 Å². The second-order valence-corrected chi connectivity index (χ2v) is 8.13. The van der Waals surface area contributed by atoms with Gasteiger partial charge in [-0.15, -0.1) is 0 Å². The minimum atomic E-state index is 0.348. The first kappa shape index (κ1) is 17.5. The zero-order valence-electron chi connectivity index (χ0n) is 15.8. The van der Waals surface area contributed by atoms with Gasteiger partial charge in [-0.25, -0.2) is 4.79 Å². The summed E-state index contributed by atoms with van der Waals surface area (Å²) in [6.45, 7) is 8.65. The van der Waals surface area contributed by atoms with E-state index in [1.165, 1.54) is 44.1 Å². The Balaban J connectivity index is 0.000000815. The Morgan fingerprint density at radius 3 is 2.71 bits per heavy atom. The summed E-state index contributed by atoms with van der Waals surface area (Å²) in [5.74, 6) is 4.95. The average Bonchev–Trinajstić information content (AvgIpc) is 2.93. The molecule has 1 heteroatoms. The van der Waals surface area contributed by atoms with Crippen LogP contribution in [0.1, 0.15) is 75.5 Å². The maximum atomic E-state index is 10.9. The summed E-state index contributed by atoms with van der Waals surface area (Å²) in [5, 5.41) is 0. The fraction of sp³-hybridized carbons (Fsp3) is 0.652. The van der Waals surface area contributed by atoms with E-state index in [0.717, 1.165) is 17.8 Å². The van der Waals surface area contributed by atoms with E-state index in [4.69, 9.17) is 0 Å². The van der Waals surface area contributed by atoms with Gasteiger partial charge in [0.15, 0.2) is 0 Å². The molecule has 1 aromatic carbocycles. The first-order valence-corrected chi connectivity index (χ1v) is 9.94. The van der Waals surface area contributed by atoms with Crippen LogP contribution in [-0.2, 0) is 11.2 Å². The van der Waals surface area contributed by atoms with Crippen molar-refractivity contribution in [2.45, 2.75) is 72.1 Å². The van der Waals surface area contributed by atoms with Crippen LogP contribution in [0.15, 0.2) is 24.3 Å².